The zero-order valence-electron chi connectivity index (χ0n) is 13.3. The summed E-state index contributed by atoms with van der Waals surface area (Å²) in [6.07, 6.45) is 0. The first-order chi connectivity index (χ1) is 11.5. The van der Waals surface area contributed by atoms with Crippen molar-refractivity contribution in [3.05, 3.63) is 64.1 Å². The van der Waals surface area contributed by atoms with Crippen LogP contribution in [0.5, 0.6) is 0 Å². The van der Waals surface area contributed by atoms with E-state index in [9.17, 15) is 9.59 Å². The number of hydrogen-bond donors (Lipinski definition) is 2. The van der Waals surface area contributed by atoms with Crippen LogP contribution in [-0.2, 0) is 4.79 Å². The quantitative estimate of drug-likeness (QED) is 0.547. The SMILES string of the molecule is Cc1cccc(C(=O)NCC(=O)NCCSc2ccc(Br)cc2)c1. The van der Waals surface area contributed by atoms with Gasteiger partial charge in [-0.15, -0.1) is 11.8 Å². The van der Waals surface area contributed by atoms with Crippen molar-refractivity contribution < 1.29 is 9.59 Å². The molecule has 2 amide bonds. The Hall–Kier alpha value is -1.79. The maximum absolute atomic E-state index is 11.9. The summed E-state index contributed by atoms with van der Waals surface area (Å²) in [4.78, 5) is 24.9. The Morgan fingerprint density at radius 3 is 2.54 bits per heavy atom. The van der Waals surface area contributed by atoms with E-state index >= 15 is 0 Å². The minimum absolute atomic E-state index is 0.0181. The van der Waals surface area contributed by atoms with Crippen LogP contribution in [0, 0.1) is 6.92 Å². The number of aryl methyl sites for hydroxylation is 1. The summed E-state index contributed by atoms with van der Waals surface area (Å²) < 4.78 is 1.05. The molecule has 2 aromatic carbocycles. The summed E-state index contributed by atoms with van der Waals surface area (Å²) in [6.45, 7) is 2.46. The Morgan fingerprint density at radius 2 is 1.83 bits per heavy atom. The lowest BCUT2D eigenvalue weighted by atomic mass is 10.1. The highest BCUT2D eigenvalue weighted by Crippen LogP contribution is 2.19. The fourth-order valence-corrected chi connectivity index (χ4v) is 3.03. The van der Waals surface area contributed by atoms with Crippen molar-refractivity contribution in [2.75, 3.05) is 18.8 Å². The predicted molar refractivity (Wildman–Crippen MR) is 101 cm³/mol. The Balaban J connectivity index is 1.64. The molecule has 0 aliphatic rings. The van der Waals surface area contributed by atoms with E-state index in [1.807, 2.05) is 43.3 Å². The fraction of sp³-hybridized carbons (Fsp3) is 0.222. The van der Waals surface area contributed by atoms with Crippen molar-refractivity contribution in [1.82, 2.24) is 10.6 Å². The van der Waals surface area contributed by atoms with E-state index in [4.69, 9.17) is 0 Å². The normalized spacial score (nSPS) is 10.2. The number of carbonyl (C=O) groups excluding carboxylic acids is 2. The Kier molecular flexibility index (Phi) is 7.34. The van der Waals surface area contributed by atoms with Gasteiger partial charge in [-0.3, -0.25) is 9.59 Å². The largest absolute Gasteiger partial charge is 0.354 e. The van der Waals surface area contributed by atoms with Gasteiger partial charge in [-0.1, -0.05) is 33.6 Å². The van der Waals surface area contributed by atoms with E-state index in [1.165, 1.54) is 0 Å². The minimum Gasteiger partial charge on any atom is -0.354 e. The molecule has 126 valence electrons. The molecule has 0 aliphatic heterocycles. The van der Waals surface area contributed by atoms with Crippen LogP contribution in [0.25, 0.3) is 0 Å². The third kappa shape index (κ3) is 6.37. The van der Waals surface area contributed by atoms with Crippen LogP contribution in [0.4, 0.5) is 0 Å². The molecule has 4 nitrogen and oxygen atoms in total. The van der Waals surface area contributed by atoms with Crippen molar-refractivity contribution >= 4 is 39.5 Å². The second kappa shape index (κ2) is 9.49. The summed E-state index contributed by atoms with van der Waals surface area (Å²) >= 11 is 5.07. The standard InChI is InChI=1S/C18H19BrN2O2S/c1-13-3-2-4-14(11-13)18(23)21-12-17(22)20-9-10-24-16-7-5-15(19)6-8-16/h2-8,11H,9-10,12H2,1H3,(H,20,22)(H,21,23). The zero-order valence-corrected chi connectivity index (χ0v) is 15.7. The van der Waals surface area contributed by atoms with Crippen molar-refractivity contribution in [1.29, 1.82) is 0 Å². The first-order valence-corrected chi connectivity index (χ1v) is 9.32. The molecule has 2 rings (SSSR count). The van der Waals surface area contributed by atoms with Gasteiger partial charge in [0.2, 0.25) is 5.91 Å². The van der Waals surface area contributed by atoms with Gasteiger partial charge in [0.25, 0.3) is 5.91 Å². The summed E-state index contributed by atoms with van der Waals surface area (Å²) in [5, 5.41) is 5.43. The number of benzene rings is 2. The van der Waals surface area contributed by atoms with Gasteiger partial charge in [-0.2, -0.15) is 0 Å². The molecule has 0 heterocycles. The van der Waals surface area contributed by atoms with Crippen molar-refractivity contribution in [3.63, 3.8) is 0 Å². The number of nitrogens with one attached hydrogen (secondary N) is 2. The van der Waals surface area contributed by atoms with Crippen LogP contribution in [0.1, 0.15) is 15.9 Å². The van der Waals surface area contributed by atoms with Gasteiger partial charge in [0.15, 0.2) is 0 Å². The molecule has 24 heavy (non-hydrogen) atoms. The Bertz CT molecular complexity index is 704. The van der Waals surface area contributed by atoms with Crippen LogP contribution < -0.4 is 10.6 Å². The lowest BCUT2D eigenvalue weighted by molar-refractivity contribution is -0.120. The molecular weight excluding hydrogens is 388 g/mol. The number of hydrogen-bond acceptors (Lipinski definition) is 3. The number of carbonyl (C=O) groups is 2. The summed E-state index contributed by atoms with van der Waals surface area (Å²) in [5.74, 6) is 0.352. The topological polar surface area (TPSA) is 58.2 Å². The van der Waals surface area contributed by atoms with E-state index in [2.05, 4.69) is 26.6 Å². The smallest absolute Gasteiger partial charge is 0.251 e. The number of halogens is 1. The molecule has 0 fully saturated rings. The molecule has 0 aliphatic carbocycles. The average Bonchev–Trinajstić information content (AvgIpc) is 2.58. The number of rotatable bonds is 7. The number of thioether (sulfide) groups is 1. The average molecular weight is 407 g/mol. The highest BCUT2D eigenvalue weighted by Gasteiger charge is 2.07. The van der Waals surface area contributed by atoms with Crippen LogP contribution >= 0.6 is 27.7 Å². The molecule has 6 heteroatoms. The summed E-state index contributed by atoms with van der Waals surface area (Å²) in [5.41, 5.74) is 1.57. The molecule has 0 unspecified atom stereocenters. The van der Waals surface area contributed by atoms with Gasteiger partial charge in [0.1, 0.15) is 0 Å². The van der Waals surface area contributed by atoms with Crippen LogP contribution in [0.2, 0.25) is 0 Å². The first-order valence-electron chi connectivity index (χ1n) is 7.54. The van der Waals surface area contributed by atoms with E-state index in [0.717, 1.165) is 20.7 Å². The third-order valence-corrected chi connectivity index (χ3v) is 4.74. The van der Waals surface area contributed by atoms with E-state index < -0.39 is 0 Å². The molecule has 0 saturated carbocycles. The molecule has 0 atom stereocenters. The molecule has 0 spiro atoms. The maximum atomic E-state index is 11.9. The second-order valence-electron chi connectivity index (χ2n) is 5.20. The van der Waals surface area contributed by atoms with Gasteiger partial charge in [0, 0.05) is 27.2 Å². The van der Waals surface area contributed by atoms with Gasteiger partial charge in [-0.05, 0) is 43.3 Å². The van der Waals surface area contributed by atoms with Gasteiger partial charge in [-0.25, -0.2) is 0 Å². The summed E-state index contributed by atoms with van der Waals surface area (Å²) in [6, 6.07) is 15.3. The second-order valence-corrected chi connectivity index (χ2v) is 7.29. The lowest BCUT2D eigenvalue weighted by Crippen LogP contribution is -2.37. The zero-order chi connectivity index (χ0) is 17.4. The highest BCUT2D eigenvalue weighted by molar-refractivity contribution is 9.10. The third-order valence-electron chi connectivity index (χ3n) is 3.20. The highest BCUT2D eigenvalue weighted by atomic mass is 79.9. The molecule has 0 radical (unpaired) electrons. The lowest BCUT2D eigenvalue weighted by Gasteiger charge is -2.07. The molecular formula is C18H19BrN2O2S. The minimum atomic E-state index is -0.238. The van der Waals surface area contributed by atoms with Crippen molar-refractivity contribution in [2.24, 2.45) is 0 Å². The van der Waals surface area contributed by atoms with E-state index in [-0.39, 0.29) is 18.4 Å². The van der Waals surface area contributed by atoms with E-state index in [0.29, 0.717) is 12.1 Å². The Labute approximate surface area is 154 Å². The van der Waals surface area contributed by atoms with Crippen molar-refractivity contribution in [2.45, 2.75) is 11.8 Å². The van der Waals surface area contributed by atoms with Gasteiger partial charge in [0.05, 0.1) is 6.54 Å². The maximum Gasteiger partial charge on any atom is 0.251 e. The molecule has 2 aromatic rings. The predicted octanol–water partition coefficient (Wildman–Crippen LogP) is 3.40. The molecule has 0 aromatic heterocycles. The first kappa shape index (κ1) is 18.5. The van der Waals surface area contributed by atoms with Crippen LogP contribution in [0.15, 0.2) is 57.9 Å². The fourth-order valence-electron chi connectivity index (χ4n) is 2.00. The molecule has 0 bridgehead atoms. The van der Waals surface area contributed by atoms with Crippen molar-refractivity contribution in [3.8, 4) is 0 Å². The van der Waals surface area contributed by atoms with Crippen LogP contribution in [0.3, 0.4) is 0 Å². The number of amides is 2. The van der Waals surface area contributed by atoms with E-state index in [1.54, 1.807) is 23.9 Å². The van der Waals surface area contributed by atoms with Gasteiger partial charge >= 0.3 is 0 Å². The molecule has 2 N–H and O–H groups in total. The van der Waals surface area contributed by atoms with Gasteiger partial charge < -0.3 is 10.6 Å². The van der Waals surface area contributed by atoms with Crippen LogP contribution in [-0.4, -0.2) is 30.7 Å². The summed E-state index contributed by atoms with van der Waals surface area (Å²) in [7, 11) is 0. The Morgan fingerprint density at radius 1 is 1.08 bits per heavy atom. The molecule has 0 saturated heterocycles. The monoisotopic (exact) mass is 406 g/mol.